The molecule has 164 valence electrons. The molecule has 1 fully saturated rings. The van der Waals surface area contributed by atoms with Crippen molar-refractivity contribution >= 4 is 23.8 Å². The van der Waals surface area contributed by atoms with Crippen LogP contribution in [0.15, 0.2) is 96.0 Å². The lowest BCUT2D eigenvalue weighted by atomic mass is 9.89. The van der Waals surface area contributed by atoms with Gasteiger partial charge in [-0.15, -0.1) is 0 Å². The Bertz CT molecular complexity index is 1170. The Balaban J connectivity index is 1.77. The van der Waals surface area contributed by atoms with Gasteiger partial charge in [-0.05, 0) is 57.5 Å². The van der Waals surface area contributed by atoms with Crippen molar-refractivity contribution in [3.05, 3.63) is 96.6 Å². The van der Waals surface area contributed by atoms with Gasteiger partial charge in [-0.3, -0.25) is 4.57 Å². The topological polar surface area (TPSA) is 41.7 Å². The van der Waals surface area contributed by atoms with Crippen LogP contribution in [0, 0.1) is 0 Å². The second-order valence-electron chi connectivity index (χ2n) is 9.59. The molecular weight excluding hydrogens is 415 g/mol. The average Bonchev–Trinajstić information content (AvgIpc) is 3.12. The molecule has 3 aromatic rings. The number of hydrogen-bond donors (Lipinski definition) is 0. The highest BCUT2D eigenvalue weighted by Crippen LogP contribution is 2.73. The first kappa shape index (κ1) is 21.2. The molecule has 5 rings (SSSR count). The van der Waals surface area contributed by atoms with Crippen LogP contribution in [0.1, 0.15) is 33.3 Å². The van der Waals surface area contributed by atoms with Crippen molar-refractivity contribution in [3.63, 3.8) is 0 Å². The lowest BCUT2D eigenvalue weighted by Crippen LogP contribution is -2.31. The van der Waals surface area contributed by atoms with Gasteiger partial charge in [0.2, 0.25) is 13.2 Å². The summed E-state index contributed by atoms with van der Waals surface area (Å²) in [6.07, 6.45) is 0. The zero-order valence-electron chi connectivity index (χ0n) is 19.0. The first-order valence-corrected chi connectivity index (χ1v) is 12.7. The molecule has 3 atom stereocenters. The minimum absolute atomic E-state index is 0.298. The summed E-state index contributed by atoms with van der Waals surface area (Å²) in [5.74, 6) is 0.668. The van der Waals surface area contributed by atoms with E-state index < -0.39 is 18.4 Å². The van der Waals surface area contributed by atoms with E-state index in [0.29, 0.717) is 12.5 Å². The molecule has 2 aliphatic heterocycles. The molecule has 2 aliphatic rings. The molecule has 0 spiro atoms. The van der Waals surface area contributed by atoms with Gasteiger partial charge in [0.1, 0.15) is 12.1 Å². The molecule has 1 saturated heterocycles. The quantitative estimate of drug-likeness (QED) is 0.406. The molecule has 32 heavy (non-hydrogen) atoms. The maximum absolute atomic E-state index is 15.3. The second kappa shape index (κ2) is 7.16. The highest BCUT2D eigenvalue weighted by atomic mass is 31.2. The molecule has 2 heterocycles. The molecule has 5 heteroatoms. The second-order valence-corrected chi connectivity index (χ2v) is 12.2. The largest absolute Gasteiger partial charge is 0.477 e. The van der Waals surface area contributed by atoms with E-state index in [2.05, 4.69) is 44.5 Å². The minimum Gasteiger partial charge on any atom is -0.477 e. The van der Waals surface area contributed by atoms with E-state index in [9.17, 15) is 0 Å². The van der Waals surface area contributed by atoms with E-state index in [-0.39, 0.29) is 5.54 Å². The van der Waals surface area contributed by atoms with Crippen LogP contribution >= 0.6 is 7.29 Å². The van der Waals surface area contributed by atoms with Crippen molar-refractivity contribution in [2.24, 2.45) is 4.99 Å². The lowest BCUT2D eigenvalue weighted by molar-refractivity contribution is 0.267. The maximum atomic E-state index is 15.3. The number of aliphatic imine (C=N–C) groups is 1. The molecular formula is C27H29N2O2P. The van der Waals surface area contributed by atoms with E-state index >= 15 is 4.57 Å². The fourth-order valence-corrected chi connectivity index (χ4v) is 8.68. The third kappa shape index (κ3) is 2.86. The fraction of sp³-hybridized carbons (Fsp3) is 0.296. The standard InChI is InChI=1S/C27H29N2O2P/c1-25(2)20-31-24(28-25)27(4)26(3,21-14-8-5-9-15-21)29(27)32(30,22-16-10-6-11-17-22)23-18-12-7-13-19-23/h5-19H,20H2,1-4H3/t26-,27+,29?/m1/s1. The fourth-order valence-electron chi connectivity index (χ4n) is 5.09. The smallest absolute Gasteiger partial charge is 0.209 e. The van der Waals surface area contributed by atoms with Crippen LogP contribution in [-0.4, -0.2) is 28.3 Å². The van der Waals surface area contributed by atoms with Crippen molar-refractivity contribution in [1.29, 1.82) is 0 Å². The zero-order chi connectivity index (χ0) is 22.6. The van der Waals surface area contributed by atoms with Gasteiger partial charge in [-0.1, -0.05) is 66.7 Å². The summed E-state index contributed by atoms with van der Waals surface area (Å²) >= 11 is 0. The summed E-state index contributed by atoms with van der Waals surface area (Å²) in [5.41, 5.74) is -0.392. The van der Waals surface area contributed by atoms with Crippen molar-refractivity contribution in [2.45, 2.75) is 44.3 Å². The van der Waals surface area contributed by atoms with Gasteiger partial charge in [-0.25, -0.2) is 9.66 Å². The normalized spacial score (nSPS) is 28.6. The third-order valence-corrected chi connectivity index (χ3v) is 10.3. The molecule has 0 bridgehead atoms. The number of hydrogen-bond acceptors (Lipinski definition) is 3. The van der Waals surface area contributed by atoms with E-state index in [1.165, 1.54) is 0 Å². The van der Waals surface area contributed by atoms with E-state index in [1.54, 1.807) is 0 Å². The third-order valence-electron chi connectivity index (χ3n) is 6.96. The van der Waals surface area contributed by atoms with Crippen LogP contribution in [0.5, 0.6) is 0 Å². The minimum atomic E-state index is -3.22. The highest BCUT2D eigenvalue weighted by molar-refractivity contribution is 7.77. The van der Waals surface area contributed by atoms with E-state index in [4.69, 9.17) is 9.73 Å². The van der Waals surface area contributed by atoms with Gasteiger partial charge in [-0.2, -0.15) is 0 Å². The number of benzene rings is 3. The molecule has 0 amide bonds. The van der Waals surface area contributed by atoms with Gasteiger partial charge in [0.05, 0.1) is 11.1 Å². The summed E-state index contributed by atoms with van der Waals surface area (Å²) in [4.78, 5) is 4.96. The van der Waals surface area contributed by atoms with Crippen LogP contribution in [-0.2, 0) is 14.8 Å². The first-order chi connectivity index (χ1) is 15.2. The lowest BCUT2D eigenvalue weighted by Gasteiger charge is -2.25. The van der Waals surface area contributed by atoms with Crippen molar-refractivity contribution in [1.82, 2.24) is 4.67 Å². The van der Waals surface area contributed by atoms with Gasteiger partial charge in [0.15, 0.2) is 0 Å². The van der Waals surface area contributed by atoms with Gasteiger partial charge < -0.3 is 4.74 Å². The Morgan fingerprint density at radius 1 is 0.750 bits per heavy atom. The Labute approximate surface area is 190 Å². The predicted octanol–water partition coefficient (Wildman–Crippen LogP) is 5.11. The predicted molar refractivity (Wildman–Crippen MR) is 131 cm³/mol. The van der Waals surface area contributed by atoms with Crippen molar-refractivity contribution < 1.29 is 9.30 Å². The number of ether oxygens (including phenoxy) is 1. The molecule has 1 unspecified atom stereocenters. The molecule has 4 nitrogen and oxygen atoms in total. The first-order valence-electron chi connectivity index (χ1n) is 11.1. The van der Waals surface area contributed by atoms with Crippen LogP contribution in [0.2, 0.25) is 0 Å². The van der Waals surface area contributed by atoms with Crippen molar-refractivity contribution in [2.75, 3.05) is 6.61 Å². The van der Waals surface area contributed by atoms with Gasteiger partial charge in [0.25, 0.3) is 0 Å². The zero-order valence-corrected chi connectivity index (χ0v) is 19.9. The summed E-state index contributed by atoms with van der Waals surface area (Å²) in [5, 5.41) is 1.63. The van der Waals surface area contributed by atoms with E-state index in [1.807, 2.05) is 78.9 Å². The summed E-state index contributed by atoms with van der Waals surface area (Å²) in [6.45, 7) is 8.96. The Kier molecular flexibility index (Phi) is 4.74. The van der Waals surface area contributed by atoms with Crippen LogP contribution in [0.4, 0.5) is 0 Å². The average molecular weight is 445 g/mol. The SMILES string of the molecule is CC1(C)COC([C@]2(C)N(P(=O)(c3ccccc3)c3ccccc3)[C@]2(C)c2ccccc2)=N1. The molecule has 0 radical (unpaired) electrons. The Hall–Kier alpha value is -2.68. The Morgan fingerprint density at radius 2 is 1.22 bits per heavy atom. The van der Waals surface area contributed by atoms with E-state index in [0.717, 1.165) is 16.2 Å². The molecule has 3 aromatic carbocycles. The van der Waals surface area contributed by atoms with Crippen LogP contribution in [0.3, 0.4) is 0 Å². The van der Waals surface area contributed by atoms with Crippen molar-refractivity contribution in [3.8, 4) is 0 Å². The maximum Gasteiger partial charge on any atom is 0.209 e. The summed E-state index contributed by atoms with van der Waals surface area (Å²) in [7, 11) is -3.22. The van der Waals surface area contributed by atoms with Gasteiger partial charge >= 0.3 is 0 Å². The molecule has 0 aromatic heterocycles. The molecule has 0 saturated carbocycles. The molecule has 0 aliphatic carbocycles. The highest BCUT2D eigenvalue weighted by Gasteiger charge is 2.79. The summed E-state index contributed by atoms with van der Waals surface area (Å²) in [6, 6.07) is 29.9. The number of nitrogens with zero attached hydrogens (tertiary/aromatic N) is 2. The summed E-state index contributed by atoms with van der Waals surface area (Å²) < 4.78 is 23.7. The number of rotatable bonds is 5. The van der Waals surface area contributed by atoms with Crippen LogP contribution in [0.25, 0.3) is 0 Å². The Morgan fingerprint density at radius 3 is 1.66 bits per heavy atom. The van der Waals surface area contributed by atoms with Gasteiger partial charge in [0, 0.05) is 10.6 Å². The molecule has 0 N–H and O–H groups in total. The van der Waals surface area contributed by atoms with Crippen LogP contribution < -0.4 is 10.6 Å². The monoisotopic (exact) mass is 444 g/mol.